The second-order valence-electron chi connectivity index (χ2n) is 3.11. The van der Waals surface area contributed by atoms with Gasteiger partial charge in [0.1, 0.15) is 0 Å². The van der Waals surface area contributed by atoms with Crippen molar-refractivity contribution in [1.82, 2.24) is 0 Å². The van der Waals surface area contributed by atoms with Gasteiger partial charge in [0.05, 0.1) is 13.4 Å². The molecule has 0 atom stereocenters. The van der Waals surface area contributed by atoms with E-state index in [9.17, 15) is 0 Å². The van der Waals surface area contributed by atoms with E-state index in [2.05, 4.69) is 23.6 Å². The Morgan fingerprint density at radius 3 is 2.19 bits per heavy atom. The summed E-state index contributed by atoms with van der Waals surface area (Å²) in [6, 6.07) is 0. The van der Waals surface area contributed by atoms with Gasteiger partial charge in [-0.25, -0.2) is 0 Å². The van der Waals surface area contributed by atoms with Crippen molar-refractivity contribution in [2.75, 3.05) is 0 Å². The van der Waals surface area contributed by atoms with Crippen LogP contribution in [0.3, 0.4) is 0 Å². The summed E-state index contributed by atoms with van der Waals surface area (Å²) >= 11 is 9.06. The van der Waals surface area contributed by atoms with Crippen LogP contribution in [0.15, 0.2) is 38.8 Å². The molecule has 0 amide bonds. The summed E-state index contributed by atoms with van der Waals surface area (Å²) < 4.78 is 2.74. The molecule has 16 heavy (non-hydrogen) atoms. The standard InChI is InChI=1S/C11H6S5/c1-3-7-6(2)13-10(14-7)11-15-8-4-12-5-9(8)16-11/h1,4-5H,2H3. The molecule has 3 rings (SSSR count). The topological polar surface area (TPSA) is 0 Å². The van der Waals surface area contributed by atoms with Gasteiger partial charge in [-0.2, -0.15) is 11.3 Å². The van der Waals surface area contributed by atoms with Crippen LogP contribution in [0, 0.1) is 12.3 Å². The highest BCUT2D eigenvalue weighted by Crippen LogP contribution is 2.60. The third-order valence-electron chi connectivity index (χ3n) is 2.06. The molecule has 1 aromatic rings. The lowest BCUT2D eigenvalue weighted by Gasteiger charge is -1.99. The van der Waals surface area contributed by atoms with Crippen LogP contribution in [0.1, 0.15) is 6.92 Å². The van der Waals surface area contributed by atoms with Gasteiger partial charge in [0, 0.05) is 25.5 Å². The highest BCUT2D eigenvalue weighted by atomic mass is 32.2. The van der Waals surface area contributed by atoms with Gasteiger partial charge >= 0.3 is 0 Å². The Morgan fingerprint density at radius 1 is 1.00 bits per heavy atom. The van der Waals surface area contributed by atoms with Crippen molar-refractivity contribution < 1.29 is 0 Å². The molecule has 0 radical (unpaired) electrons. The molecule has 0 spiro atoms. The van der Waals surface area contributed by atoms with Gasteiger partial charge in [0.25, 0.3) is 0 Å². The molecule has 0 aliphatic carbocycles. The minimum absolute atomic E-state index is 1.07. The molecule has 1 aromatic heterocycles. The predicted molar refractivity (Wildman–Crippen MR) is 79.8 cm³/mol. The van der Waals surface area contributed by atoms with E-state index in [-0.39, 0.29) is 0 Å². The fourth-order valence-electron chi connectivity index (χ4n) is 1.31. The van der Waals surface area contributed by atoms with E-state index in [0.29, 0.717) is 0 Å². The molecule has 3 heterocycles. The molecule has 2 aliphatic rings. The Balaban J connectivity index is 1.88. The molecule has 0 N–H and O–H groups in total. The first-order valence-corrected chi connectivity index (χ1v) is 8.68. The number of hydrogen-bond acceptors (Lipinski definition) is 5. The fraction of sp³-hybridized carbons (Fsp3) is 0.0909. The Labute approximate surface area is 116 Å². The van der Waals surface area contributed by atoms with Gasteiger partial charge in [-0.3, -0.25) is 0 Å². The number of fused-ring (bicyclic) bond motifs is 1. The number of allylic oxidation sites excluding steroid dienone is 2. The minimum Gasteiger partial charge on any atom is -0.150 e. The second-order valence-corrected chi connectivity index (χ2v) is 8.72. The molecule has 0 aromatic carbocycles. The highest BCUT2D eigenvalue weighted by Gasteiger charge is 2.26. The summed E-state index contributed by atoms with van der Waals surface area (Å²) in [5.74, 6) is 2.75. The molecule has 0 bridgehead atoms. The number of thioether (sulfide) groups is 4. The smallest absolute Gasteiger partial charge is 0.0720 e. The monoisotopic (exact) mass is 298 g/mol. The van der Waals surface area contributed by atoms with Crippen molar-refractivity contribution in [1.29, 1.82) is 0 Å². The molecule has 2 aliphatic heterocycles. The van der Waals surface area contributed by atoms with Crippen LogP contribution in [0.25, 0.3) is 0 Å². The Hall–Kier alpha value is 0.140. The normalized spacial score (nSPS) is 19.2. The zero-order valence-corrected chi connectivity index (χ0v) is 12.4. The van der Waals surface area contributed by atoms with E-state index in [0.717, 1.165) is 4.91 Å². The van der Waals surface area contributed by atoms with Crippen molar-refractivity contribution in [2.24, 2.45) is 0 Å². The Kier molecular flexibility index (Phi) is 3.11. The number of rotatable bonds is 0. The Bertz CT molecular complexity index is 533. The van der Waals surface area contributed by atoms with Crippen LogP contribution in [0.2, 0.25) is 0 Å². The summed E-state index contributed by atoms with van der Waals surface area (Å²) in [5, 5.41) is 4.43. The highest BCUT2D eigenvalue weighted by molar-refractivity contribution is 8.32. The first kappa shape index (κ1) is 11.2. The molecule has 0 unspecified atom stereocenters. The number of hydrogen-bond donors (Lipinski definition) is 0. The average Bonchev–Trinajstić information content (AvgIpc) is 2.88. The number of thiophene rings is 1. The minimum atomic E-state index is 1.07. The van der Waals surface area contributed by atoms with Crippen LogP contribution >= 0.6 is 58.4 Å². The van der Waals surface area contributed by atoms with Gasteiger partial charge in [-0.15, -0.1) is 6.42 Å². The van der Waals surface area contributed by atoms with Crippen LogP contribution in [0.4, 0.5) is 0 Å². The maximum absolute atomic E-state index is 5.47. The average molecular weight is 299 g/mol. The van der Waals surface area contributed by atoms with Gasteiger partial charge < -0.3 is 0 Å². The summed E-state index contributed by atoms with van der Waals surface area (Å²) in [6.07, 6.45) is 5.47. The van der Waals surface area contributed by atoms with E-state index < -0.39 is 0 Å². The van der Waals surface area contributed by atoms with Crippen molar-refractivity contribution in [3.63, 3.8) is 0 Å². The SMILES string of the molecule is C#CC1=C(C)SC(=C2Sc3cscc3S2)S1. The fourth-order valence-corrected chi connectivity index (χ4v) is 7.61. The molecule has 5 heteroatoms. The summed E-state index contributed by atoms with van der Waals surface area (Å²) in [7, 11) is 0. The zero-order chi connectivity index (χ0) is 11.1. The molecule has 0 nitrogen and oxygen atoms in total. The summed E-state index contributed by atoms with van der Waals surface area (Å²) in [6.45, 7) is 2.10. The maximum atomic E-state index is 5.47. The van der Waals surface area contributed by atoms with Gasteiger partial charge in [-0.1, -0.05) is 53.0 Å². The van der Waals surface area contributed by atoms with Crippen LogP contribution in [-0.2, 0) is 0 Å². The van der Waals surface area contributed by atoms with Crippen molar-refractivity contribution in [3.05, 3.63) is 29.0 Å². The Morgan fingerprint density at radius 2 is 1.62 bits per heavy atom. The molecule has 0 fully saturated rings. The van der Waals surface area contributed by atoms with E-state index in [1.807, 2.05) is 35.3 Å². The van der Waals surface area contributed by atoms with Crippen LogP contribution < -0.4 is 0 Å². The van der Waals surface area contributed by atoms with Gasteiger partial charge in [0.2, 0.25) is 0 Å². The van der Waals surface area contributed by atoms with Crippen molar-refractivity contribution in [2.45, 2.75) is 16.7 Å². The lowest BCUT2D eigenvalue weighted by Crippen LogP contribution is -1.66. The summed E-state index contributed by atoms with van der Waals surface area (Å²) in [5.41, 5.74) is 0. The van der Waals surface area contributed by atoms with Crippen molar-refractivity contribution in [3.8, 4) is 12.3 Å². The van der Waals surface area contributed by atoms with E-state index in [1.54, 1.807) is 23.1 Å². The predicted octanol–water partition coefficient (Wildman–Crippen LogP) is 5.42. The molecular formula is C11H6S5. The summed E-state index contributed by atoms with van der Waals surface area (Å²) in [4.78, 5) is 5.12. The maximum Gasteiger partial charge on any atom is 0.0720 e. The van der Waals surface area contributed by atoms with E-state index in [1.165, 1.54) is 23.2 Å². The quantitative estimate of drug-likeness (QED) is 0.586. The van der Waals surface area contributed by atoms with Gasteiger partial charge in [-0.05, 0) is 6.92 Å². The van der Waals surface area contributed by atoms with Crippen LogP contribution in [0.5, 0.6) is 0 Å². The number of terminal acetylenes is 1. The van der Waals surface area contributed by atoms with Crippen molar-refractivity contribution >= 4 is 58.4 Å². The zero-order valence-electron chi connectivity index (χ0n) is 8.27. The first-order valence-electron chi connectivity index (χ1n) is 4.47. The lowest BCUT2D eigenvalue weighted by molar-refractivity contribution is 1.36. The van der Waals surface area contributed by atoms with E-state index in [4.69, 9.17) is 6.42 Å². The van der Waals surface area contributed by atoms with Crippen LogP contribution in [-0.4, -0.2) is 0 Å². The van der Waals surface area contributed by atoms with Gasteiger partial charge in [0.15, 0.2) is 0 Å². The molecule has 0 saturated carbocycles. The molecular weight excluding hydrogens is 292 g/mol. The second kappa shape index (κ2) is 4.43. The lowest BCUT2D eigenvalue weighted by atomic mass is 10.5. The third kappa shape index (κ3) is 1.87. The third-order valence-corrected chi connectivity index (χ3v) is 8.69. The molecule has 80 valence electrons. The first-order chi connectivity index (χ1) is 7.78. The largest absolute Gasteiger partial charge is 0.150 e. The van der Waals surface area contributed by atoms with E-state index >= 15 is 0 Å². The molecule has 0 saturated heterocycles.